The van der Waals surface area contributed by atoms with E-state index in [0.29, 0.717) is 12.1 Å². The molecule has 0 radical (unpaired) electrons. The molecule has 96 valence electrons. The Kier molecular flexibility index (Phi) is 3.36. The number of aliphatic hydroxyl groups is 1. The van der Waals surface area contributed by atoms with Crippen LogP contribution in [0.1, 0.15) is 26.3 Å². The first-order valence-electron chi connectivity index (χ1n) is 5.82. The molecule has 0 bridgehead atoms. The van der Waals surface area contributed by atoms with Crippen molar-refractivity contribution in [3.8, 4) is 10.6 Å². The number of thiophene rings is 1. The maximum atomic E-state index is 12.1. The van der Waals surface area contributed by atoms with Crippen molar-refractivity contribution < 1.29 is 5.11 Å². The Morgan fingerprint density at radius 3 is 2.72 bits per heavy atom. The van der Waals surface area contributed by atoms with Gasteiger partial charge in [0.25, 0.3) is 5.56 Å². The van der Waals surface area contributed by atoms with Gasteiger partial charge in [-0.25, -0.2) is 4.68 Å². The normalized spacial score (nSPS) is 11.8. The van der Waals surface area contributed by atoms with Crippen LogP contribution >= 0.6 is 11.3 Å². The van der Waals surface area contributed by atoms with Crippen LogP contribution in [0.2, 0.25) is 0 Å². The molecule has 4 nitrogen and oxygen atoms in total. The van der Waals surface area contributed by atoms with Gasteiger partial charge in [0.05, 0.1) is 16.0 Å². The average Bonchev–Trinajstić information content (AvgIpc) is 2.81. The molecule has 5 heteroatoms. The van der Waals surface area contributed by atoms with Crippen LogP contribution in [-0.2, 0) is 12.1 Å². The van der Waals surface area contributed by atoms with Gasteiger partial charge in [-0.2, -0.15) is 5.10 Å². The molecular formula is C13H16N2O2S. The number of hydrogen-bond acceptors (Lipinski definition) is 4. The summed E-state index contributed by atoms with van der Waals surface area (Å²) in [4.78, 5) is 13.1. The first-order valence-corrected chi connectivity index (χ1v) is 6.70. The quantitative estimate of drug-likeness (QED) is 0.924. The molecule has 0 aromatic carbocycles. The highest BCUT2D eigenvalue weighted by Gasteiger charge is 2.23. The number of hydrogen-bond donors (Lipinski definition) is 1. The van der Waals surface area contributed by atoms with E-state index in [-0.39, 0.29) is 5.56 Å². The smallest absolute Gasteiger partial charge is 0.272 e. The van der Waals surface area contributed by atoms with E-state index in [9.17, 15) is 9.90 Å². The number of nitrogens with zero attached hydrogens (tertiary/aromatic N) is 2. The summed E-state index contributed by atoms with van der Waals surface area (Å²) in [5, 5.41) is 16.3. The zero-order valence-corrected chi connectivity index (χ0v) is 11.5. The molecule has 2 heterocycles. The van der Waals surface area contributed by atoms with Gasteiger partial charge in [0.15, 0.2) is 0 Å². The Morgan fingerprint density at radius 2 is 2.22 bits per heavy atom. The second-order valence-electron chi connectivity index (χ2n) is 4.60. The Bertz CT molecular complexity index is 594. The van der Waals surface area contributed by atoms with Gasteiger partial charge in [0.2, 0.25) is 0 Å². The first-order chi connectivity index (χ1) is 8.43. The lowest BCUT2D eigenvalue weighted by atomic mass is 9.99. The Balaban J connectivity index is 2.68. The fourth-order valence-corrected chi connectivity index (χ4v) is 2.42. The molecule has 0 spiro atoms. The maximum Gasteiger partial charge on any atom is 0.272 e. The zero-order chi connectivity index (χ0) is 13.3. The third-order valence-electron chi connectivity index (χ3n) is 2.71. The SMILES string of the molecule is CCn1nc(-c2cccs2)cc(C(C)(C)O)c1=O. The van der Waals surface area contributed by atoms with Crippen LogP contribution in [0.3, 0.4) is 0 Å². The van der Waals surface area contributed by atoms with Gasteiger partial charge >= 0.3 is 0 Å². The topological polar surface area (TPSA) is 55.1 Å². The lowest BCUT2D eigenvalue weighted by Crippen LogP contribution is -2.33. The van der Waals surface area contributed by atoms with Gasteiger partial charge in [0.1, 0.15) is 5.69 Å². The van der Waals surface area contributed by atoms with E-state index in [1.54, 1.807) is 31.3 Å². The van der Waals surface area contributed by atoms with Crippen LogP contribution in [-0.4, -0.2) is 14.9 Å². The molecule has 0 aliphatic heterocycles. The van der Waals surface area contributed by atoms with E-state index in [0.717, 1.165) is 10.6 Å². The molecule has 0 amide bonds. The van der Waals surface area contributed by atoms with Crippen LogP contribution < -0.4 is 5.56 Å². The second-order valence-corrected chi connectivity index (χ2v) is 5.55. The molecule has 0 aliphatic carbocycles. The fourth-order valence-electron chi connectivity index (χ4n) is 1.74. The summed E-state index contributed by atoms with van der Waals surface area (Å²) >= 11 is 1.56. The summed E-state index contributed by atoms with van der Waals surface area (Å²) in [6.45, 7) is 5.58. The van der Waals surface area contributed by atoms with Crippen molar-refractivity contribution in [3.63, 3.8) is 0 Å². The molecule has 2 aromatic heterocycles. The first kappa shape index (κ1) is 13.0. The van der Waals surface area contributed by atoms with Crippen molar-refractivity contribution in [2.75, 3.05) is 0 Å². The van der Waals surface area contributed by atoms with Gasteiger partial charge in [-0.05, 0) is 38.3 Å². The summed E-state index contributed by atoms with van der Waals surface area (Å²) in [6.07, 6.45) is 0. The van der Waals surface area contributed by atoms with Crippen LogP contribution in [0.15, 0.2) is 28.4 Å². The van der Waals surface area contributed by atoms with Crippen LogP contribution in [0.25, 0.3) is 10.6 Å². The monoisotopic (exact) mass is 264 g/mol. The second kappa shape index (κ2) is 4.66. The van der Waals surface area contributed by atoms with Crippen molar-refractivity contribution >= 4 is 11.3 Å². The minimum absolute atomic E-state index is 0.231. The molecule has 0 atom stereocenters. The molecule has 18 heavy (non-hydrogen) atoms. The summed E-state index contributed by atoms with van der Waals surface area (Å²) in [7, 11) is 0. The minimum atomic E-state index is -1.16. The van der Waals surface area contributed by atoms with Crippen molar-refractivity contribution in [1.29, 1.82) is 0 Å². The largest absolute Gasteiger partial charge is 0.386 e. The molecule has 0 saturated carbocycles. The number of aryl methyl sites for hydroxylation is 1. The number of aromatic nitrogens is 2. The molecular weight excluding hydrogens is 248 g/mol. The minimum Gasteiger partial charge on any atom is -0.386 e. The highest BCUT2D eigenvalue weighted by molar-refractivity contribution is 7.13. The standard InChI is InChI=1S/C13H16N2O2S/c1-4-15-12(16)9(13(2,3)17)8-10(14-15)11-6-5-7-18-11/h5-8,17H,4H2,1-3H3. The summed E-state index contributed by atoms with van der Waals surface area (Å²) in [5.74, 6) is 0. The van der Waals surface area contributed by atoms with Crippen molar-refractivity contribution in [1.82, 2.24) is 9.78 Å². The summed E-state index contributed by atoms with van der Waals surface area (Å²) < 4.78 is 1.39. The third kappa shape index (κ3) is 2.37. The Labute approximate surface area is 110 Å². The lowest BCUT2D eigenvalue weighted by molar-refractivity contribution is 0.0762. The molecule has 0 fully saturated rings. The van der Waals surface area contributed by atoms with Gasteiger partial charge in [-0.15, -0.1) is 11.3 Å². The van der Waals surface area contributed by atoms with Gasteiger partial charge < -0.3 is 5.11 Å². The summed E-state index contributed by atoms with van der Waals surface area (Å²) in [5.41, 5.74) is -0.292. The number of rotatable bonds is 3. The van der Waals surface area contributed by atoms with E-state index in [1.165, 1.54) is 4.68 Å². The molecule has 2 aromatic rings. The fraction of sp³-hybridized carbons (Fsp3) is 0.385. The van der Waals surface area contributed by atoms with E-state index < -0.39 is 5.60 Å². The molecule has 2 rings (SSSR count). The Hall–Kier alpha value is -1.46. The van der Waals surface area contributed by atoms with Gasteiger partial charge in [-0.3, -0.25) is 4.79 Å². The van der Waals surface area contributed by atoms with Crippen molar-refractivity contribution in [2.24, 2.45) is 0 Å². The average molecular weight is 264 g/mol. The Morgan fingerprint density at radius 1 is 1.50 bits per heavy atom. The van der Waals surface area contributed by atoms with Crippen molar-refractivity contribution in [3.05, 3.63) is 39.5 Å². The third-order valence-corrected chi connectivity index (χ3v) is 3.60. The molecule has 0 aliphatic rings. The molecule has 1 N–H and O–H groups in total. The lowest BCUT2D eigenvalue weighted by Gasteiger charge is -2.18. The predicted octanol–water partition coefficient (Wildman–Crippen LogP) is 2.22. The van der Waals surface area contributed by atoms with E-state index in [4.69, 9.17) is 0 Å². The van der Waals surface area contributed by atoms with Crippen LogP contribution in [0, 0.1) is 0 Å². The highest BCUT2D eigenvalue weighted by atomic mass is 32.1. The predicted molar refractivity (Wildman–Crippen MR) is 72.7 cm³/mol. The highest BCUT2D eigenvalue weighted by Crippen LogP contribution is 2.25. The van der Waals surface area contributed by atoms with Gasteiger partial charge in [-0.1, -0.05) is 6.07 Å². The van der Waals surface area contributed by atoms with E-state index >= 15 is 0 Å². The molecule has 0 saturated heterocycles. The maximum absolute atomic E-state index is 12.1. The van der Waals surface area contributed by atoms with Gasteiger partial charge in [0, 0.05) is 6.54 Å². The zero-order valence-electron chi connectivity index (χ0n) is 10.7. The summed E-state index contributed by atoms with van der Waals surface area (Å²) in [6, 6.07) is 5.57. The van der Waals surface area contributed by atoms with Crippen LogP contribution in [0.5, 0.6) is 0 Å². The van der Waals surface area contributed by atoms with E-state index in [2.05, 4.69) is 5.10 Å². The van der Waals surface area contributed by atoms with E-state index in [1.807, 2.05) is 24.4 Å². The van der Waals surface area contributed by atoms with Crippen LogP contribution in [0.4, 0.5) is 0 Å². The molecule has 0 unspecified atom stereocenters. The van der Waals surface area contributed by atoms with Crippen molar-refractivity contribution in [2.45, 2.75) is 32.9 Å².